The summed E-state index contributed by atoms with van der Waals surface area (Å²) in [5.41, 5.74) is 3.73. The van der Waals surface area contributed by atoms with Crippen molar-refractivity contribution in [1.29, 1.82) is 0 Å². The van der Waals surface area contributed by atoms with E-state index >= 15 is 0 Å². The summed E-state index contributed by atoms with van der Waals surface area (Å²) >= 11 is 0.813. The molecule has 0 amide bonds. The number of carboxylic acids is 2. The molecule has 59 heavy (non-hydrogen) atoms. The number of rotatable bonds is 24. The number of aliphatic carboxylic acids is 2. The van der Waals surface area contributed by atoms with Crippen molar-refractivity contribution in [3.05, 3.63) is 95.8 Å². The maximum atomic E-state index is 12.2. The fourth-order valence-corrected chi connectivity index (χ4v) is 9.14. The first kappa shape index (κ1) is 47.5. The van der Waals surface area contributed by atoms with Gasteiger partial charge in [-0.05, 0) is 94.8 Å². The summed E-state index contributed by atoms with van der Waals surface area (Å²) in [5.74, 6) is -2.21. The van der Waals surface area contributed by atoms with Crippen LogP contribution in [0.25, 0.3) is 0 Å². The summed E-state index contributed by atoms with van der Waals surface area (Å²) in [7, 11) is -8.81. The Morgan fingerprint density at radius 3 is 2.14 bits per heavy atom. The molecule has 2 aliphatic heterocycles. The zero-order chi connectivity index (χ0) is 43.4. The maximum Gasteiger partial charge on any atom is 0.303 e. The van der Waals surface area contributed by atoms with Crippen molar-refractivity contribution in [2.45, 2.75) is 106 Å². The second kappa shape index (κ2) is 20.9. The fraction of sp³-hybridized carbons (Fsp3) is 0.439. The lowest BCUT2D eigenvalue weighted by Gasteiger charge is -2.30. The number of anilines is 1. The Hall–Kier alpha value is -4.14. The minimum absolute atomic E-state index is 0.0133. The van der Waals surface area contributed by atoms with Gasteiger partial charge in [0.1, 0.15) is 6.54 Å². The van der Waals surface area contributed by atoms with Gasteiger partial charge in [-0.3, -0.25) is 23.7 Å². The minimum atomic E-state index is -4.55. The van der Waals surface area contributed by atoms with Gasteiger partial charge in [0.2, 0.25) is 5.69 Å². The predicted molar refractivity (Wildman–Crippen MR) is 222 cm³/mol. The average molecular weight is 877 g/mol. The van der Waals surface area contributed by atoms with E-state index < -0.39 is 48.8 Å². The lowest BCUT2D eigenvalue weighted by atomic mass is 9.77. The molecule has 1 unspecified atom stereocenters. The minimum Gasteiger partial charge on any atom is -0.691 e. The summed E-state index contributed by atoms with van der Waals surface area (Å²) < 4.78 is 73.7. The molecular formula is C41H52N2O13S3. The van der Waals surface area contributed by atoms with Crippen LogP contribution in [0.5, 0.6) is 0 Å². The third kappa shape index (κ3) is 12.9. The highest BCUT2D eigenvalue weighted by Crippen LogP contribution is 2.51. The quantitative estimate of drug-likeness (QED) is 0.0161. The summed E-state index contributed by atoms with van der Waals surface area (Å²) in [6.45, 7) is 6.95. The fourth-order valence-electron chi connectivity index (χ4n) is 7.74. The molecule has 4 rings (SSSR count). The first-order valence-corrected chi connectivity index (χ1v) is 23.0. The molecule has 322 valence electrons. The zero-order valence-electron chi connectivity index (χ0n) is 33.3. The number of benzene rings is 2. The van der Waals surface area contributed by atoms with Crippen LogP contribution in [0, 0.1) is 0 Å². The molecule has 15 nitrogen and oxygen atoms in total. The molecule has 2 aliphatic rings. The number of allylic oxidation sites excluding steroid dienone is 8. The van der Waals surface area contributed by atoms with Gasteiger partial charge in [-0.2, -0.15) is 25.7 Å². The van der Waals surface area contributed by atoms with Gasteiger partial charge in [0, 0.05) is 65.2 Å². The topological polar surface area (TPSA) is 231 Å². The molecule has 0 spiro atoms. The SMILES string of the molecule is CC1(C)C(/C=C/C=C/C=C/C=C2\N(CCCS(=O)(=O)O)c3ccc(S(=O)(=O)O)cc3C2(C)CCCCCC(=O)O)=[N+](CCCCCC(=O)O)c2ccc(SOO[O-])cc21. The second-order valence-corrected chi connectivity index (χ2v) is 18.9. The Morgan fingerprint density at radius 2 is 1.49 bits per heavy atom. The van der Waals surface area contributed by atoms with Gasteiger partial charge in [-0.1, -0.05) is 43.2 Å². The largest absolute Gasteiger partial charge is 0.691 e. The van der Waals surface area contributed by atoms with Crippen LogP contribution >= 0.6 is 12.0 Å². The number of carbonyl (C=O) groups is 2. The molecule has 0 aromatic heterocycles. The van der Waals surface area contributed by atoms with Gasteiger partial charge < -0.3 is 20.4 Å². The van der Waals surface area contributed by atoms with Crippen LogP contribution in [0.2, 0.25) is 0 Å². The van der Waals surface area contributed by atoms with Crippen LogP contribution in [-0.4, -0.2) is 77.2 Å². The average Bonchev–Trinajstić information content (AvgIpc) is 3.50. The Morgan fingerprint density at radius 1 is 0.831 bits per heavy atom. The highest BCUT2D eigenvalue weighted by Gasteiger charge is 2.45. The molecular weight excluding hydrogens is 825 g/mol. The van der Waals surface area contributed by atoms with E-state index in [9.17, 15) is 40.8 Å². The number of nitrogens with zero attached hydrogens (tertiary/aromatic N) is 2. The van der Waals surface area contributed by atoms with Crippen molar-refractivity contribution < 1.29 is 64.9 Å². The van der Waals surface area contributed by atoms with Crippen LogP contribution in [0.4, 0.5) is 11.4 Å². The van der Waals surface area contributed by atoms with E-state index in [2.05, 4.69) is 27.8 Å². The molecule has 4 N–H and O–H groups in total. The lowest BCUT2D eigenvalue weighted by Crippen LogP contribution is -2.30. The summed E-state index contributed by atoms with van der Waals surface area (Å²) in [6, 6.07) is 10.0. The molecule has 0 radical (unpaired) electrons. The van der Waals surface area contributed by atoms with Gasteiger partial charge in [0.15, 0.2) is 5.71 Å². The van der Waals surface area contributed by atoms with Crippen molar-refractivity contribution in [3.8, 4) is 0 Å². The predicted octanol–water partition coefficient (Wildman–Crippen LogP) is 6.83. The van der Waals surface area contributed by atoms with Gasteiger partial charge in [-0.25, -0.2) is 0 Å². The molecule has 2 aromatic carbocycles. The number of hydrogen-bond acceptors (Lipinski definition) is 11. The second-order valence-electron chi connectivity index (χ2n) is 15.2. The van der Waals surface area contributed by atoms with Crippen LogP contribution in [0.3, 0.4) is 0 Å². The molecule has 0 fully saturated rings. The van der Waals surface area contributed by atoms with E-state index in [1.807, 2.05) is 72.6 Å². The third-order valence-electron chi connectivity index (χ3n) is 10.6. The number of fused-ring (bicyclic) bond motifs is 2. The maximum absolute atomic E-state index is 12.2. The van der Waals surface area contributed by atoms with E-state index in [4.69, 9.17) is 10.2 Å². The molecule has 0 aliphatic carbocycles. The van der Waals surface area contributed by atoms with Crippen LogP contribution in [-0.2, 0) is 50.0 Å². The van der Waals surface area contributed by atoms with E-state index in [0.29, 0.717) is 54.8 Å². The monoisotopic (exact) mass is 876 g/mol. The molecule has 2 aromatic rings. The molecule has 0 saturated heterocycles. The lowest BCUT2D eigenvalue weighted by molar-refractivity contribution is -0.777. The summed E-state index contributed by atoms with van der Waals surface area (Å²) in [6.07, 6.45) is 17.5. The first-order chi connectivity index (χ1) is 27.8. The number of carboxylic acid groups (broad SMARTS) is 2. The Kier molecular flexibility index (Phi) is 16.8. The van der Waals surface area contributed by atoms with Gasteiger partial charge in [0.05, 0.1) is 28.1 Å². The molecule has 0 bridgehead atoms. The number of hydrogen-bond donors (Lipinski definition) is 4. The molecule has 0 saturated carbocycles. The van der Waals surface area contributed by atoms with E-state index in [-0.39, 0.29) is 30.7 Å². The standard InChI is InChI=1S/C41H52N2O13S3/c1-40(2)32-28-30(57-56-55-48)20-22-34(32)42(25-14-8-12-19-39(46)47)36(40)16-9-5-4-6-10-17-37-41(3,24-13-7-11-18-38(44)45)33-29-31(59(52,53)54)21-23-35(33)43(37)26-15-27-58(49,50)51/h4-6,9-10,16-17,20-23,28-29H,7-8,11-15,18-19,24-27H2,1-3H3,(H4-,44,45,46,47,48,49,50,51,52,53,54). The van der Waals surface area contributed by atoms with Crippen LogP contribution in [0.1, 0.15) is 96.1 Å². The molecule has 18 heteroatoms. The zero-order valence-corrected chi connectivity index (χ0v) is 35.7. The van der Waals surface area contributed by atoms with Crippen LogP contribution < -0.4 is 10.2 Å². The van der Waals surface area contributed by atoms with E-state index in [1.165, 1.54) is 12.1 Å². The number of unbranched alkanes of at least 4 members (excludes halogenated alkanes) is 4. The highest BCUT2D eigenvalue weighted by molar-refractivity contribution is 7.94. The summed E-state index contributed by atoms with van der Waals surface area (Å²) in [5, 5.41) is 32.2. The van der Waals surface area contributed by atoms with E-state index in [1.54, 1.807) is 6.07 Å². The van der Waals surface area contributed by atoms with Crippen molar-refractivity contribution in [1.82, 2.24) is 0 Å². The van der Waals surface area contributed by atoms with Crippen molar-refractivity contribution in [2.75, 3.05) is 23.7 Å². The Bertz CT molecular complexity index is 2230. The van der Waals surface area contributed by atoms with Crippen molar-refractivity contribution in [3.63, 3.8) is 0 Å². The van der Waals surface area contributed by atoms with Gasteiger partial charge in [-0.15, -0.1) is 0 Å². The third-order valence-corrected chi connectivity index (χ3v) is 12.8. The normalized spacial score (nSPS) is 18.5. The molecule has 2 heterocycles. The van der Waals surface area contributed by atoms with Gasteiger partial charge >= 0.3 is 11.9 Å². The van der Waals surface area contributed by atoms with Crippen molar-refractivity contribution in [2.24, 2.45) is 0 Å². The highest BCUT2D eigenvalue weighted by atomic mass is 32.2. The smallest absolute Gasteiger partial charge is 0.303 e. The van der Waals surface area contributed by atoms with Gasteiger partial charge in [0.25, 0.3) is 20.2 Å². The van der Waals surface area contributed by atoms with E-state index in [0.717, 1.165) is 47.5 Å². The molecule has 1 atom stereocenters. The summed E-state index contributed by atoms with van der Waals surface area (Å²) in [4.78, 5) is 24.4. The Balaban J connectivity index is 1.64. The first-order valence-electron chi connectivity index (χ1n) is 19.2. The van der Waals surface area contributed by atoms with Crippen molar-refractivity contribution >= 4 is 61.3 Å². The Labute approximate surface area is 350 Å². The van der Waals surface area contributed by atoms with Crippen LogP contribution in [0.15, 0.2) is 94.4 Å².